The van der Waals surface area contributed by atoms with Gasteiger partial charge in [0.2, 0.25) is 0 Å². The molecule has 1 aromatic heterocycles. The fourth-order valence-electron chi connectivity index (χ4n) is 2.88. The third-order valence-corrected chi connectivity index (χ3v) is 4.48. The van der Waals surface area contributed by atoms with Crippen LogP contribution in [0.15, 0.2) is 30.6 Å². The molecule has 1 saturated heterocycles. The summed E-state index contributed by atoms with van der Waals surface area (Å²) in [5, 5.41) is 11.5. The number of likely N-dealkylation sites (tertiary alicyclic amines) is 1. The quantitative estimate of drug-likeness (QED) is 0.914. The van der Waals surface area contributed by atoms with Gasteiger partial charge in [0, 0.05) is 30.0 Å². The maximum atomic E-state index is 12.5. The first-order valence-electron chi connectivity index (χ1n) is 7.81. The molecule has 3 rings (SSSR count). The number of nitrogens with zero attached hydrogens (tertiary/aromatic N) is 4. The number of carbonyl (C=O) groups excluding carboxylic acids is 1. The van der Waals surface area contributed by atoms with E-state index in [9.17, 15) is 4.79 Å². The number of aromatic nitrogens is 3. The van der Waals surface area contributed by atoms with Crippen molar-refractivity contribution in [2.45, 2.75) is 32.2 Å². The Balaban J connectivity index is 1.63. The van der Waals surface area contributed by atoms with E-state index < -0.39 is 0 Å². The molecule has 23 heavy (non-hydrogen) atoms. The number of rotatable bonds is 2. The van der Waals surface area contributed by atoms with Gasteiger partial charge >= 0.3 is 6.03 Å². The molecule has 1 atom stereocenters. The molecule has 1 fully saturated rings. The van der Waals surface area contributed by atoms with Crippen LogP contribution in [0.25, 0.3) is 0 Å². The van der Waals surface area contributed by atoms with E-state index in [4.69, 9.17) is 11.6 Å². The van der Waals surface area contributed by atoms with Crippen molar-refractivity contribution in [2.75, 3.05) is 18.4 Å². The Morgan fingerprint density at radius 2 is 2.22 bits per heavy atom. The highest BCUT2D eigenvalue weighted by atomic mass is 35.5. The molecule has 0 aliphatic carbocycles. The van der Waals surface area contributed by atoms with Gasteiger partial charge in [-0.1, -0.05) is 22.9 Å². The van der Waals surface area contributed by atoms with Crippen LogP contribution in [-0.4, -0.2) is 39.0 Å². The molecule has 0 bridgehead atoms. The number of urea groups is 1. The van der Waals surface area contributed by atoms with Crippen LogP contribution in [0.5, 0.6) is 0 Å². The Morgan fingerprint density at radius 3 is 3.00 bits per heavy atom. The predicted molar refractivity (Wildman–Crippen MR) is 89.7 cm³/mol. The molecule has 1 unspecified atom stereocenters. The van der Waals surface area contributed by atoms with E-state index in [1.165, 1.54) is 0 Å². The van der Waals surface area contributed by atoms with Gasteiger partial charge < -0.3 is 10.2 Å². The summed E-state index contributed by atoms with van der Waals surface area (Å²) < 4.78 is 1.89. The fourth-order valence-corrected chi connectivity index (χ4v) is 3.05. The van der Waals surface area contributed by atoms with E-state index in [2.05, 4.69) is 15.6 Å². The van der Waals surface area contributed by atoms with Crippen LogP contribution in [0, 0.1) is 6.92 Å². The Bertz CT molecular complexity index is 673. The van der Waals surface area contributed by atoms with E-state index in [0.29, 0.717) is 17.6 Å². The number of hydrogen-bond donors (Lipinski definition) is 1. The molecular formula is C16H20ClN5O. The van der Waals surface area contributed by atoms with Gasteiger partial charge in [-0.3, -0.25) is 0 Å². The van der Waals surface area contributed by atoms with Crippen LogP contribution in [0.1, 0.15) is 30.9 Å². The van der Waals surface area contributed by atoms with Crippen LogP contribution < -0.4 is 5.32 Å². The lowest BCUT2D eigenvalue weighted by Crippen LogP contribution is -2.36. The first kappa shape index (κ1) is 15.8. The average molecular weight is 334 g/mol. The molecule has 6 nitrogen and oxygen atoms in total. The zero-order valence-electron chi connectivity index (χ0n) is 13.1. The van der Waals surface area contributed by atoms with Gasteiger partial charge in [0.05, 0.1) is 12.2 Å². The van der Waals surface area contributed by atoms with Gasteiger partial charge in [0.15, 0.2) is 0 Å². The molecule has 1 aromatic carbocycles. The summed E-state index contributed by atoms with van der Waals surface area (Å²) in [5.41, 5.74) is 1.76. The van der Waals surface area contributed by atoms with E-state index in [1.54, 1.807) is 12.3 Å². The van der Waals surface area contributed by atoms with Crippen molar-refractivity contribution in [3.8, 4) is 0 Å². The third kappa shape index (κ3) is 3.82. The molecule has 122 valence electrons. The summed E-state index contributed by atoms with van der Waals surface area (Å²) in [7, 11) is 0. The van der Waals surface area contributed by atoms with E-state index >= 15 is 0 Å². The Kier molecular flexibility index (Phi) is 4.81. The van der Waals surface area contributed by atoms with Crippen LogP contribution in [-0.2, 0) is 0 Å². The molecule has 0 spiro atoms. The number of benzene rings is 1. The number of anilines is 1. The monoisotopic (exact) mass is 333 g/mol. The molecule has 1 N–H and O–H groups in total. The van der Waals surface area contributed by atoms with Gasteiger partial charge in [-0.25, -0.2) is 9.48 Å². The largest absolute Gasteiger partial charge is 0.324 e. The standard InChI is InChI=1S/C16H20ClN5O/c1-12-4-5-13(17)11-15(12)19-16(23)21-8-2-3-14(6-9-21)22-10-7-18-20-22/h4-5,7,10-11,14H,2-3,6,8-9H2,1H3,(H,19,23). The van der Waals surface area contributed by atoms with Crippen molar-refractivity contribution < 1.29 is 4.79 Å². The lowest BCUT2D eigenvalue weighted by atomic mass is 10.1. The van der Waals surface area contributed by atoms with Crippen molar-refractivity contribution in [3.05, 3.63) is 41.2 Å². The molecule has 7 heteroatoms. The highest BCUT2D eigenvalue weighted by Crippen LogP contribution is 2.23. The number of halogens is 1. The number of carbonyl (C=O) groups is 1. The summed E-state index contributed by atoms with van der Waals surface area (Å²) in [6, 6.07) is 5.74. The Hall–Kier alpha value is -2.08. The van der Waals surface area contributed by atoms with E-state index in [-0.39, 0.29) is 6.03 Å². The predicted octanol–water partition coefficient (Wildman–Crippen LogP) is 3.50. The fraction of sp³-hybridized carbons (Fsp3) is 0.438. The van der Waals surface area contributed by atoms with Crippen molar-refractivity contribution in [1.29, 1.82) is 0 Å². The molecule has 0 saturated carbocycles. The zero-order chi connectivity index (χ0) is 16.2. The lowest BCUT2D eigenvalue weighted by molar-refractivity contribution is 0.213. The number of amides is 2. The van der Waals surface area contributed by atoms with E-state index in [1.807, 2.05) is 34.8 Å². The molecule has 1 aliphatic rings. The van der Waals surface area contributed by atoms with Crippen LogP contribution >= 0.6 is 11.6 Å². The minimum atomic E-state index is -0.0744. The van der Waals surface area contributed by atoms with Gasteiger partial charge in [-0.15, -0.1) is 5.10 Å². The average Bonchev–Trinajstić information content (AvgIpc) is 2.95. The maximum absolute atomic E-state index is 12.5. The van der Waals surface area contributed by atoms with E-state index in [0.717, 1.165) is 37.1 Å². The second-order valence-corrected chi connectivity index (χ2v) is 6.28. The summed E-state index contributed by atoms with van der Waals surface area (Å²) in [4.78, 5) is 14.4. The van der Waals surface area contributed by atoms with Crippen LogP contribution in [0.3, 0.4) is 0 Å². The van der Waals surface area contributed by atoms with Crippen LogP contribution in [0.4, 0.5) is 10.5 Å². The first-order chi connectivity index (χ1) is 11.1. The topological polar surface area (TPSA) is 63.1 Å². The normalized spacial score (nSPS) is 18.5. The van der Waals surface area contributed by atoms with Gasteiger partial charge in [-0.05, 0) is 43.9 Å². The number of aryl methyl sites for hydroxylation is 1. The van der Waals surface area contributed by atoms with Crippen molar-refractivity contribution in [2.24, 2.45) is 0 Å². The minimum absolute atomic E-state index is 0.0744. The number of hydrogen-bond acceptors (Lipinski definition) is 3. The summed E-state index contributed by atoms with van der Waals surface area (Å²) >= 11 is 6.01. The third-order valence-electron chi connectivity index (χ3n) is 4.24. The Morgan fingerprint density at radius 1 is 1.35 bits per heavy atom. The van der Waals surface area contributed by atoms with Gasteiger partial charge in [0.25, 0.3) is 0 Å². The maximum Gasteiger partial charge on any atom is 0.321 e. The smallest absolute Gasteiger partial charge is 0.321 e. The molecule has 2 aromatic rings. The second kappa shape index (κ2) is 7.00. The highest BCUT2D eigenvalue weighted by molar-refractivity contribution is 6.31. The molecule has 0 radical (unpaired) electrons. The number of nitrogens with one attached hydrogen (secondary N) is 1. The van der Waals surface area contributed by atoms with Crippen LogP contribution in [0.2, 0.25) is 5.02 Å². The highest BCUT2D eigenvalue weighted by Gasteiger charge is 2.22. The van der Waals surface area contributed by atoms with Crippen molar-refractivity contribution in [3.63, 3.8) is 0 Å². The Labute approximate surface area is 140 Å². The van der Waals surface area contributed by atoms with Crippen molar-refractivity contribution in [1.82, 2.24) is 19.9 Å². The molecular weight excluding hydrogens is 314 g/mol. The SMILES string of the molecule is Cc1ccc(Cl)cc1NC(=O)N1CCCC(n2ccnn2)CC1. The second-order valence-electron chi connectivity index (χ2n) is 5.84. The van der Waals surface area contributed by atoms with Crippen molar-refractivity contribution >= 4 is 23.3 Å². The summed E-state index contributed by atoms with van der Waals surface area (Å²) in [5.74, 6) is 0. The zero-order valence-corrected chi connectivity index (χ0v) is 13.8. The first-order valence-corrected chi connectivity index (χ1v) is 8.19. The van der Waals surface area contributed by atoms with Gasteiger partial charge in [-0.2, -0.15) is 0 Å². The minimum Gasteiger partial charge on any atom is -0.324 e. The molecule has 2 amide bonds. The lowest BCUT2D eigenvalue weighted by Gasteiger charge is -2.22. The molecule has 2 heterocycles. The summed E-state index contributed by atoms with van der Waals surface area (Å²) in [6.07, 6.45) is 6.41. The summed E-state index contributed by atoms with van der Waals surface area (Å²) in [6.45, 7) is 3.40. The molecule has 1 aliphatic heterocycles. The van der Waals surface area contributed by atoms with Gasteiger partial charge in [0.1, 0.15) is 0 Å².